The predicted octanol–water partition coefficient (Wildman–Crippen LogP) is 1.55. The summed E-state index contributed by atoms with van der Waals surface area (Å²) in [5.41, 5.74) is 10.6. The zero-order valence-corrected chi connectivity index (χ0v) is 21.4. The summed E-state index contributed by atoms with van der Waals surface area (Å²) < 4.78 is 15.2. The number of carbonyl (C=O) groups is 3. The van der Waals surface area contributed by atoms with Gasteiger partial charge in [-0.05, 0) is 57.8 Å². The standard InChI is InChI=1S/C23H34N6O5S/c1-14-6-7-15(34-14)18(21(31)26-23(2,3)4)29(9-5-8-28-10-12-33-13-11-28)22(32)19-16(24)17(20(25)30)27-35-19/h6-7,18H,5,8-13,24H2,1-4H3,(H2,25,30)(H,26,31). The summed E-state index contributed by atoms with van der Waals surface area (Å²) in [6.45, 7) is 11.3. The van der Waals surface area contributed by atoms with E-state index in [1.54, 1.807) is 19.1 Å². The molecular weight excluding hydrogens is 472 g/mol. The highest BCUT2D eigenvalue weighted by Gasteiger charge is 2.37. The lowest BCUT2D eigenvalue weighted by molar-refractivity contribution is -0.128. The molecule has 3 rings (SSSR count). The van der Waals surface area contributed by atoms with E-state index in [1.807, 2.05) is 20.8 Å². The van der Waals surface area contributed by atoms with Crippen molar-refractivity contribution in [1.82, 2.24) is 19.5 Å². The fourth-order valence-corrected chi connectivity index (χ4v) is 4.62. The van der Waals surface area contributed by atoms with E-state index in [0.717, 1.165) is 31.2 Å². The molecule has 0 aliphatic carbocycles. The van der Waals surface area contributed by atoms with Crippen LogP contribution in [-0.2, 0) is 9.53 Å². The highest BCUT2D eigenvalue weighted by Crippen LogP contribution is 2.30. The van der Waals surface area contributed by atoms with Gasteiger partial charge in [0.15, 0.2) is 11.7 Å². The minimum atomic E-state index is -1.04. The van der Waals surface area contributed by atoms with E-state index in [0.29, 0.717) is 31.2 Å². The fourth-order valence-electron chi connectivity index (χ4n) is 3.86. The summed E-state index contributed by atoms with van der Waals surface area (Å²) in [5.74, 6) is -0.771. The molecule has 12 heteroatoms. The molecule has 3 heterocycles. The molecule has 2 aromatic heterocycles. The van der Waals surface area contributed by atoms with Crippen LogP contribution in [-0.4, -0.2) is 76.8 Å². The van der Waals surface area contributed by atoms with Crippen molar-refractivity contribution in [3.05, 3.63) is 34.2 Å². The number of nitrogens with two attached hydrogens (primary N) is 2. The van der Waals surface area contributed by atoms with Gasteiger partial charge in [-0.25, -0.2) is 0 Å². The van der Waals surface area contributed by atoms with E-state index in [9.17, 15) is 14.4 Å². The molecule has 35 heavy (non-hydrogen) atoms. The van der Waals surface area contributed by atoms with Crippen molar-refractivity contribution < 1.29 is 23.5 Å². The van der Waals surface area contributed by atoms with Crippen LogP contribution in [0.4, 0.5) is 5.69 Å². The number of amides is 3. The minimum absolute atomic E-state index is 0.0574. The van der Waals surface area contributed by atoms with Crippen LogP contribution in [0.2, 0.25) is 0 Å². The number of nitrogen functional groups attached to an aromatic ring is 1. The number of nitrogens with zero attached hydrogens (tertiary/aromatic N) is 3. The number of ether oxygens (including phenoxy) is 1. The molecular formula is C23H34N6O5S. The van der Waals surface area contributed by atoms with E-state index in [1.165, 1.54) is 4.90 Å². The highest BCUT2D eigenvalue weighted by molar-refractivity contribution is 7.09. The number of nitrogens with one attached hydrogen (secondary N) is 1. The number of aromatic nitrogens is 1. The van der Waals surface area contributed by atoms with Gasteiger partial charge in [-0.1, -0.05) is 0 Å². The molecule has 0 saturated carbocycles. The average Bonchev–Trinajstić information content (AvgIpc) is 3.37. The molecule has 1 saturated heterocycles. The largest absolute Gasteiger partial charge is 0.464 e. The van der Waals surface area contributed by atoms with E-state index in [4.69, 9.17) is 20.6 Å². The summed E-state index contributed by atoms with van der Waals surface area (Å²) >= 11 is 0.789. The van der Waals surface area contributed by atoms with Crippen LogP contribution < -0.4 is 16.8 Å². The van der Waals surface area contributed by atoms with Crippen LogP contribution in [0.15, 0.2) is 16.5 Å². The third-order valence-electron chi connectivity index (χ3n) is 5.48. The first-order chi connectivity index (χ1) is 16.5. The van der Waals surface area contributed by atoms with Crippen molar-refractivity contribution in [2.75, 3.05) is 45.1 Å². The number of morpholine rings is 1. The van der Waals surface area contributed by atoms with Crippen molar-refractivity contribution >= 4 is 34.9 Å². The Morgan fingerprint density at radius 3 is 2.49 bits per heavy atom. The Labute approximate surface area is 208 Å². The van der Waals surface area contributed by atoms with Crippen molar-refractivity contribution in [3.8, 4) is 0 Å². The molecule has 3 amide bonds. The van der Waals surface area contributed by atoms with Crippen LogP contribution in [0.1, 0.15) is 64.9 Å². The Balaban J connectivity index is 1.96. The Kier molecular flexibility index (Phi) is 8.51. The Hall–Kier alpha value is -2.96. The Morgan fingerprint density at radius 2 is 1.94 bits per heavy atom. The maximum atomic E-state index is 13.8. The molecule has 1 fully saturated rings. The molecule has 1 aliphatic heterocycles. The van der Waals surface area contributed by atoms with Crippen molar-refractivity contribution in [2.24, 2.45) is 5.73 Å². The molecule has 0 spiro atoms. The third-order valence-corrected chi connectivity index (χ3v) is 6.33. The van der Waals surface area contributed by atoms with Crippen LogP contribution in [0.3, 0.4) is 0 Å². The SMILES string of the molecule is Cc1ccc(C(C(=O)NC(C)(C)C)N(CCCN2CCOCC2)C(=O)c2snc(C(N)=O)c2N)o1. The number of aryl methyl sites for hydroxylation is 1. The molecule has 0 radical (unpaired) electrons. The first-order valence-electron chi connectivity index (χ1n) is 11.5. The van der Waals surface area contributed by atoms with Crippen LogP contribution in [0.5, 0.6) is 0 Å². The summed E-state index contributed by atoms with van der Waals surface area (Å²) in [6.07, 6.45) is 0.603. The third kappa shape index (κ3) is 6.80. The predicted molar refractivity (Wildman–Crippen MR) is 132 cm³/mol. The number of hydrogen-bond acceptors (Lipinski definition) is 9. The summed E-state index contributed by atoms with van der Waals surface area (Å²) in [6, 6.07) is 2.39. The monoisotopic (exact) mass is 506 g/mol. The molecule has 5 N–H and O–H groups in total. The highest BCUT2D eigenvalue weighted by atomic mass is 32.1. The van der Waals surface area contributed by atoms with Gasteiger partial charge >= 0.3 is 0 Å². The minimum Gasteiger partial charge on any atom is -0.464 e. The van der Waals surface area contributed by atoms with Crippen LogP contribution in [0, 0.1) is 6.92 Å². The Morgan fingerprint density at radius 1 is 1.26 bits per heavy atom. The Bertz CT molecular complexity index is 1050. The van der Waals surface area contributed by atoms with Gasteiger partial charge < -0.3 is 30.8 Å². The van der Waals surface area contributed by atoms with E-state index in [-0.39, 0.29) is 28.7 Å². The number of primary amides is 1. The first kappa shape index (κ1) is 26.6. The quantitative estimate of drug-likeness (QED) is 0.462. The van der Waals surface area contributed by atoms with Crippen LogP contribution >= 0.6 is 11.5 Å². The zero-order chi connectivity index (χ0) is 25.8. The summed E-state index contributed by atoms with van der Waals surface area (Å²) in [4.78, 5) is 42.7. The maximum Gasteiger partial charge on any atom is 0.270 e. The molecule has 2 aromatic rings. The van der Waals surface area contributed by atoms with Gasteiger partial charge in [0, 0.05) is 31.7 Å². The first-order valence-corrected chi connectivity index (χ1v) is 12.3. The van der Waals surface area contributed by atoms with Gasteiger partial charge in [0.05, 0.1) is 18.9 Å². The summed E-state index contributed by atoms with van der Waals surface area (Å²) in [7, 11) is 0. The van der Waals surface area contributed by atoms with Crippen molar-refractivity contribution in [2.45, 2.75) is 45.7 Å². The normalized spacial score (nSPS) is 15.5. The smallest absolute Gasteiger partial charge is 0.270 e. The number of hydrogen-bond donors (Lipinski definition) is 3. The molecule has 1 unspecified atom stereocenters. The maximum absolute atomic E-state index is 13.8. The number of rotatable bonds is 9. The molecule has 11 nitrogen and oxygen atoms in total. The van der Waals surface area contributed by atoms with E-state index < -0.39 is 23.4 Å². The lowest BCUT2D eigenvalue weighted by atomic mass is 10.1. The number of anilines is 1. The molecule has 0 aromatic carbocycles. The van der Waals surface area contributed by atoms with Gasteiger partial charge in [-0.3, -0.25) is 19.3 Å². The number of furan rings is 1. The molecule has 1 aliphatic rings. The average molecular weight is 507 g/mol. The molecule has 192 valence electrons. The second kappa shape index (κ2) is 11.2. The lowest BCUT2D eigenvalue weighted by Gasteiger charge is -2.33. The fraction of sp³-hybridized carbons (Fsp3) is 0.565. The van der Waals surface area contributed by atoms with Crippen LogP contribution in [0.25, 0.3) is 0 Å². The molecule has 1 atom stereocenters. The van der Waals surface area contributed by atoms with E-state index in [2.05, 4.69) is 14.6 Å². The van der Waals surface area contributed by atoms with E-state index >= 15 is 0 Å². The van der Waals surface area contributed by atoms with Gasteiger partial charge in [-0.2, -0.15) is 4.37 Å². The molecule has 0 bridgehead atoms. The van der Waals surface area contributed by atoms with Crippen molar-refractivity contribution in [1.29, 1.82) is 0 Å². The van der Waals surface area contributed by atoms with Gasteiger partial charge in [0.1, 0.15) is 16.4 Å². The second-order valence-electron chi connectivity index (χ2n) is 9.53. The number of carbonyl (C=O) groups excluding carboxylic acids is 3. The summed E-state index contributed by atoms with van der Waals surface area (Å²) in [5, 5.41) is 2.95. The second-order valence-corrected chi connectivity index (χ2v) is 10.3. The zero-order valence-electron chi connectivity index (χ0n) is 20.6. The van der Waals surface area contributed by atoms with Crippen molar-refractivity contribution in [3.63, 3.8) is 0 Å². The van der Waals surface area contributed by atoms with Gasteiger partial charge in [-0.15, -0.1) is 0 Å². The van der Waals surface area contributed by atoms with Gasteiger partial charge in [0.25, 0.3) is 17.7 Å². The lowest BCUT2D eigenvalue weighted by Crippen LogP contribution is -2.49. The topological polar surface area (TPSA) is 157 Å². The van der Waals surface area contributed by atoms with Gasteiger partial charge in [0.2, 0.25) is 0 Å².